The quantitative estimate of drug-likeness (QED) is 0.749. The molecule has 0 aromatic heterocycles. The van der Waals surface area contributed by atoms with Crippen LogP contribution in [0.2, 0.25) is 0 Å². The van der Waals surface area contributed by atoms with Crippen molar-refractivity contribution in [3.05, 3.63) is 29.3 Å². The fourth-order valence-electron chi connectivity index (χ4n) is 2.08. The van der Waals surface area contributed by atoms with Crippen molar-refractivity contribution in [2.45, 2.75) is 39.9 Å². The summed E-state index contributed by atoms with van der Waals surface area (Å²) in [5.74, 6) is 0.331. The van der Waals surface area contributed by atoms with E-state index in [4.69, 9.17) is 0 Å². The Balaban J connectivity index is 3.27. The molecule has 1 aromatic rings. The summed E-state index contributed by atoms with van der Waals surface area (Å²) in [5.41, 5.74) is -0.708. The molecule has 20 heavy (non-hydrogen) atoms. The van der Waals surface area contributed by atoms with Gasteiger partial charge in [0.25, 0.3) is 0 Å². The van der Waals surface area contributed by atoms with Gasteiger partial charge in [-0.2, -0.15) is 13.2 Å². The molecule has 0 aliphatic carbocycles. The third-order valence-electron chi connectivity index (χ3n) is 2.99. The van der Waals surface area contributed by atoms with Gasteiger partial charge in [0, 0.05) is 23.8 Å². The summed E-state index contributed by atoms with van der Waals surface area (Å²) >= 11 is 0. The summed E-state index contributed by atoms with van der Waals surface area (Å²) in [4.78, 5) is 12.7. The van der Waals surface area contributed by atoms with Crippen LogP contribution in [0, 0.1) is 5.92 Å². The Morgan fingerprint density at radius 3 is 2.20 bits per heavy atom. The predicted octanol–water partition coefficient (Wildman–Crippen LogP) is 4.39. The second kappa shape index (κ2) is 6.29. The minimum atomic E-state index is -4.52. The Labute approximate surface area is 117 Å². The molecule has 0 unspecified atom stereocenters. The van der Waals surface area contributed by atoms with Gasteiger partial charge >= 0.3 is 6.18 Å². The fourth-order valence-corrected chi connectivity index (χ4v) is 2.08. The van der Waals surface area contributed by atoms with Crippen molar-refractivity contribution in [1.82, 2.24) is 0 Å². The Hall–Kier alpha value is -1.52. The molecule has 0 radical (unpaired) electrons. The molecule has 0 aliphatic heterocycles. The summed E-state index contributed by atoms with van der Waals surface area (Å²) < 4.78 is 38.9. The molecule has 0 saturated heterocycles. The van der Waals surface area contributed by atoms with Crippen LogP contribution in [0.15, 0.2) is 18.2 Å². The van der Waals surface area contributed by atoms with E-state index < -0.39 is 11.7 Å². The highest BCUT2D eigenvalue weighted by atomic mass is 19.4. The van der Waals surface area contributed by atoms with E-state index in [2.05, 4.69) is 0 Å². The van der Waals surface area contributed by atoms with Gasteiger partial charge < -0.3 is 4.90 Å². The van der Waals surface area contributed by atoms with Crippen molar-refractivity contribution in [2.24, 2.45) is 5.92 Å². The number of carbonyl (C=O) groups is 1. The number of alkyl halides is 3. The van der Waals surface area contributed by atoms with E-state index in [0.29, 0.717) is 18.2 Å². The summed E-state index contributed by atoms with van der Waals surface area (Å²) in [6, 6.07) is 3.95. The zero-order valence-corrected chi connectivity index (χ0v) is 12.2. The van der Waals surface area contributed by atoms with E-state index in [1.54, 1.807) is 6.07 Å². The molecule has 0 spiro atoms. The van der Waals surface area contributed by atoms with E-state index in [1.807, 2.05) is 32.6 Å². The summed E-state index contributed by atoms with van der Waals surface area (Å²) in [6.07, 6.45) is -4.28. The van der Waals surface area contributed by atoms with Gasteiger partial charge in [0.05, 0.1) is 5.56 Å². The third kappa shape index (κ3) is 3.99. The molecule has 1 rings (SSSR count). The molecule has 0 heterocycles. The molecule has 0 aliphatic rings. The molecule has 112 valence electrons. The van der Waals surface area contributed by atoms with Crippen LogP contribution in [-0.4, -0.2) is 18.9 Å². The van der Waals surface area contributed by atoms with Gasteiger partial charge in [-0.05, 0) is 38.0 Å². The number of nitrogens with zero attached hydrogens (tertiary/aromatic N) is 1. The zero-order chi connectivity index (χ0) is 15.5. The van der Waals surface area contributed by atoms with Crippen LogP contribution in [0.1, 0.15) is 43.6 Å². The average Bonchev–Trinajstić information content (AvgIpc) is 2.33. The van der Waals surface area contributed by atoms with Crippen LogP contribution in [0.25, 0.3) is 0 Å². The largest absolute Gasteiger partial charge is 0.417 e. The number of anilines is 1. The standard InChI is InChI=1S/C15H20F3NO/c1-10(2)8-19(11(3)4)13-6-5-12(9-20)14(7-13)15(16,17)18/h5-7,9-11H,8H2,1-4H3. The van der Waals surface area contributed by atoms with Gasteiger partial charge in [0.15, 0.2) is 6.29 Å². The van der Waals surface area contributed by atoms with E-state index >= 15 is 0 Å². The lowest BCUT2D eigenvalue weighted by atomic mass is 10.0. The maximum Gasteiger partial charge on any atom is 0.417 e. The highest BCUT2D eigenvalue weighted by Gasteiger charge is 2.34. The van der Waals surface area contributed by atoms with Gasteiger partial charge in [-0.25, -0.2) is 0 Å². The smallest absolute Gasteiger partial charge is 0.369 e. The van der Waals surface area contributed by atoms with Crippen molar-refractivity contribution < 1.29 is 18.0 Å². The topological polar surface area (TPSA) is 20.3 Å². The maximum atomic E-state index is 13.0. The normalized spacial score (nSPS) is 12.1. The van der Waals surface area contributed by atoms with Crippen LogP contribution in [0.3, 0.4) is 0 Å². The second-order valence-electron chi connectivity index (χ2n) is 5.53. The molecule has 0 N–H and O–H groups in total. The fraction of sp³-hybridized carbons (Fsp3) is 0.533. The lowest BCUT2D eigenvalue weighted by molar-refractivity contribution is -0.137. The van der Waals surface area contributed by atoms with Crippen LogP contribution in [0.4, 0.5) is 18.9 Å². The Bertz CT molecular complexity index is 467. The van der Waals surface area contributed by atoms with E-state index in [-0.39, 0.29) is 17.9 Å². The maximum absolute atomic E-state index is 13.0. The summed E-state index contributed by atoms with van der Waals surface area (Å²) in [6.45, 7) is 8.56. The monoisotopic (exact) mass is 287 g/mol. The first-order valence-corrected chi connectivity index (χ1v) is 6.60. The molecule has 5 heteroatoms. The molecule has 0 fully saturated rings. The first-order chi connectivity index (χ1) is 9.16. The number of benzene rings is 1. The van der Waals surface area contributed by atoms with Gasteiger partial charge in [-0.1, -0.05) is 13.8 Å². The van der Waals surface area contributed by atoms with Crippen molar-refractivity contribution in [1.29, 1.82) is 0 Å². The molecule has 0 amide bonds. The molecule has 0 bridgehead atoms. The van der Waals surface area contributed by atoms with Crippen LogP contribution in [-0.2, 0) is 6.18 Å². The van der Waals surface area contributed by atoms with Gasteiger partial charge in [0.2, 0.25) is 0 Å². The lowest BCUT2D eigenvalue weighted by Gasteiger charge is -2.31. The van der Waals surface area contributed by atoms with E-state index in [9.17, 15) is 18.0 Å². The first-order valence-electron chi connectivity index (χ1n) is 6.60. The van der Waals surface area contributed by atoms with Gasteiger partial charge in [-0.3, -0.25) is 4.79 Å². The molecule has 2 nitrogen and oxygen atoms in total. The van der Waals surface area contributed by atoms with Gasteiger partial charge in [-0.15, -0.1) is 0 Å². The third-order valence-corrected chi connectivity index (χ3v) is 2.99. The number of rotatable bonds is 5. The minimum absolute atomic E-state index is 0.0839. The predicted molar refractivity (Wildman–Crippen MR) is 74.2 cm³/mol. The summed E-state index contributed by atoms with van der Waals surface area (Å²) in [5, 5.41) is 0. The Kier molecular flexibility index (Phi) is 5.20. The lowest BCUT2D eigenvalue weighted by Crippen LogP contribution is -2.34. The number of halogens is 3. The second-order valence-corrected chi connectivity index (χ2v) is 5.53. The summed E-state index contributed by atoms with van der Waals surface area (Å²) in [7, 11) is 0. The first kappa shape index (κ1) is 16.5. The number of hydrogen-bond acceptors (Lipinski definition) is 2. The van der Waals surface area contributed by atoms with E-state index in [0.717, 1.165) is 6.07 Å². The van der Waals surface area contributed by atoms with Crippen molar-refractivity contribution in [3.8, 4) is 0 Å². The van der Waals surface area contributed by atoms with Crippen LogP contribution < -0.4 is 4.90 Å². The van der Waals surface area contributed by atoms with Gasteiger partial charge in [0.1, 0.15) is 0 Å². The number of carbonyl (C=O) groups excluding carboxylic acids is 1. The van der Waals surface area contributed by atoms with Crippen molar-refractivity contribution in [3.63, 3.8) is 0 Å². The van der Waals surface area contributed by atoms with Crippen molar-refractivity contribution >= 4 is 12.0 Å². The Morgan fingerprint density at radius 2 is 1.80 bits per heavy atom. The zero-order valence-electron chi connectivity index (χ0n) is 12.2. The highest BCUT2D eigenvalue weighted by molar-refractivity contribution is 5.79. The van der Waals surface area contributed by atoms with E-state index in [1.165, 1.54) is 6.07 Å². The minimum Gasteiger partial charge on any atom is -0.369 e. The highest BCUT2D eigenvalue weighted by Crippen LogP contribution is 2.34. The molecule has 1 aromatic carbocycles. The molecule has 0 atom stereocenters. The van der Waals surface area contributed by atoms with Crippen LogP contribution >= 0.6 is 0 Å². The molecular weight excluding hydrogens is 267 g/mol. The number of hydrogen-bond donors (Lipinski definition) is 0. The van der Waals surface area contributed by atoms with Crippen molar-refractivity contribution in [2.75, 3.05) is 11.4 Å². The SMILES string of the molecule is CC(C)CN(c1ccc(C=O)c(C(F)(F)F)c1)C(C)C. The Morgan fingerprint density at radius 1 is 1.20 bits per heavy atom. The van der Waals surface area contributed by atoms with Crippen LogP contribution in [0.5, 0.6) is 0 Å². The average molecular weight is 287 g/mol. The molecule has 0 saturated carbocycles. The number of aldehydes is 1. The molecular formula is C15H20F3NO.